The number of hydrogen-bond acceptors (Lipinski definition) is 5. The Hall–Kier alpha value is -2.41. The molecule has 0 spiro atoms. The third kappa shape index (κ3) is 5.07. The summed E-state index contributed by atoms with van der Waals surface area (Å²) in [5, 5.41) is 14.3. The second kappa shape index (κ2) is 7.73. The van der Waals surface area contributed by atoms with Crippen LogP contribution in [0.2, 0.25) is 0 Å². The summed E-state index contributed by atoms with van der Waals surface area (Å²) in [5.74, 6) is -1.34. The van der Waals surface area contributed by atoms with Crippen LogP contribution in [0.15, 0.2) is 29.6 Å². The van der Waals surface area contributed by atoms with Crippen molar-refractivity contribution in [3.63, 3.8) is 0 Å². The number of aromatic nitrogens is 1. The Bertz CT molecular complexity index is 699. The quantitative estimate of drug-likeness (QED) is 0.812. The molecule has 2 rings (SSSR count). The van der Waals surface area contributed by atoms with Gasteiger partial charge in [0.2, 0.25) is 0 Å². The number of carboxylic acid groups (broad SMARTS) is 1. The van der Waals surface area contributed by atoms with Crippen molar-refractivity contribution in [2.75, 3.05) is 6.54 Å². The zero-order chi connectivity index (χ0) is 16.8. The van der Waals surface area contributed by atoms with E-state index < -0.39 is 11.9 Å². The minimum absolute atomic E-state index is 0.0807. The van der Waals surface area contributed by atoms with E-state index in [4.69, 9.17) is 9.84 Å². The first-order valence-electron chi connectivity index (χ1n) is 7.10. The number of thiazole rings is 1. The summed E-state index contributed by atoms with van der Waals surface area (Å²) in [7, 11) is 0. The number of amides is 1. The molecule has 1 heterocycles. The molecule has 0 fully saturated rings. The lowest BCUT2D eigenvalue weighted by Crippen LogP contribution is -2.31. The number of hydrogen-bond donors (Lipinski definition) is 2. The van der Waals surface area contributed by atoms with Crippen LogP contribution in [0.1, 0.15) is 28.0 Å². The van der Waals surface area contributed by atoms with E-state index in [0.717, 1.165) is 10.7 Å². The third-order valence-corrected chi connectivity index (χ3v) is 3.96. The van der Waals surface area contributed by atoms with Crippen LogP contribution in [-0.2, 0) is 11.4 Å². The highest BCUT2D eigenvalue weighted by atomic mass is 32.1. The van der Waals surface area contributed by atoms with Crippen molar-refractivity contribution in [2.24, 2.45) is 5.92 Å². The number of carboxylic acids is 1. The van der Waals surface area contributed by atoms with Gasteiger partial charge in [0, 0.05) is 17.5 Å². The van der Waals surface area contributed by atoms with Crippen molar-refractivity contribution in [1.29, 1.82) is 0 Å². The van der Waals surface area contributed by atoms with Gasteiger partial charge in [0.15, 0.2) is 0 Å². The number of nitrogens with one attached hydrogen (secondary N) is 1. The molecule has 23 heavy (non-hydrogen) atoms. The van der Waals surface area contributed by atoms with Crippen LogP contribution in [0.25, 0.3) is 0 Å². The molecule has 1 amide bonds. The second-order valence-corrected chi connectivity index (χ2v) is 6.19. The second-order valence-electron chi connectivity index (χ2n) is 5.12. The van der Waals surface area contributed by atoms with Crippen LogP contribution in [-0.4, -0.2) is 28.5 Å². The molecule has 0 bridgehead atoms. The molecule has 0 saturated heterocycles. The van der Waals surface area contributed by atoms with Crippen molar-refractivity contribution in [3.8, 4) is 5.75 Å². The summed E-state index contributed by atoms with van der Waals surface area (Å²) in [6.45, 7) is 3.89. The molecule has 0 aliphatic carbocycles. The molecule has 6 nitrogen and oxygen atoms in total. The summed E-state index contributed by atoms with van der Waals surface area (Å²) in [5.41, 5.74) is 1.27. The minimum atomic E-state index is -0.944. The molecule has 1 atom stereocenters. The molecule has 2 aromatic rings. The van der Waals surface area contributed by atoms with Crippen molar-refractivity contribution in [2.45, 2.75) is 20.5 Å². The number of benzene rings is 1. The first-order chi connectivity index (χ1) is 11.0. The Morgan fingerprint density at radius 1 is 1.43 bits per heavy atom. The predicted octanol–water partition coefficient (Wildman–Crippen LogP) is 2.48. The lowest BCUT2D eigenvalue weighted by Gasteiger charge is -2.10. The van der Waals surface area contributed by atoms with Crippen LogP contribution in [0.3, 0.4) is 0 Å². The smallest absolute Gasteiger partial charge is 0.308 e. The zero-order valence-electron chi connectivity index (χ0n) is 12.9. The first-order valence-corrected chi connectivity index (χ1v) is 7.98. The topological polar surface area (TPSA) is 88.5 Å². The van der Waals surface area contributed by atoms with Crippen LogP contribution < -0.4 is 10.1 Å². The van der Waals surface area contributed by atoms with Gasteiger partial charge >= 0.3 is 5.97 Å². The lowest BCUT2D eigenvalue weighted by molar-refractivity contribution is -0.140. The predicted molar refractivity (Wildman–Crippen MR) is 86.8 cm³/mol. The average Bonchev–Trinajstić information content (AvgIpc) is 2.96. The van der Waals surface area contributed by atoms with Gasteiger partial charge in [-0.2, -0.15) is 0 Å². The number of aryl methyl sites for hydroxylation is 1. The van der Waals surface area contributed by atoms with Gasteiger partial charge in [-0.25, -0.2) is 4.98 Å². The molecular formula is C16H18N2O4S. The zero-order valence-corrected chi connectivity index (χ0v) is 13.7. The molecule has 0 aliphatic rings. The summed E-state index contributed by atoms with van der Waals surface area (Å²) < 4.78 is 5.63. The Labute approximate surface area is 138 Å². The average molecular weight is 334 g/mol. The van der Waals surface area contributed by atoms with Gasteiger partial charge < -0.3 is 15.2 Å². The van der Waals surface area contributed by atoms with Crippen LogP contribution >= 0.6 is 11.3 Å². The highest BCUT2D eigenvalue weighted by molar-refractivity contribution is 7.09. The van der Waals surface area contributed by atoms with E-state index in [-0.39, 0.29) is 12.5 Å². The fourth-order valence-corrected chi connectivity index (χ4v) is 2.39. The van der Waals surface area contributed by atoms with Gasteiger partial charge in [-0.1, -0.05) is 13.0 Å². The molecule has 0 radical (unpaired) electrons. The Balaban J connectivity index is 1.93. The number of nitrogens with zero attached hydrogens (tertiary/aromatic N) is 1. The van der Waals surface area contributed by atoms with E-state index >= 15 is 0 Å². The number of ether oxygens (including phenoxy) is 1. The third-order valence-electron chi connectivity index (χ3n) is 3.14. The van der Waals surface area contributed by atoms with Gasteiger partial charge in [-0.05, 0) is 25.1 Å². The van der Waals surface area contributed by atoms with E-state index in [0.29, 0.717) is 17.9 Å². The molecule has 1 aromatic carbocycles. The fourth-order valence-electron chi connectivity index (χ4n) is 1.79. The lowest BCUT2D eigenvalue weighted by atomic mass is 10.1. The number of carbonyl (C=O) groups is 2. The number of rotatable bonds is 7. The van der Waals surface area contributed by atoms with E-state index in [9.17, 15) is 9.59 Å². The van der Waals surface area contributed by atoms with Gasteiger partial charge in [0.05, 0.1) is 16.6 Å². The Morgan fingerprint density at radius 2 is 2.22 bits per heavy atom. The maximum Gasteiger partial charge on any atom is 0.308 e. The number of aliphatic carboxylic acids is 1. The monoisotopic (exact) mass is 334 g/mol. The standard InChI is InChI=1S/C16H18N2O4S/c1-10(16(20)21)7-17-15(19)12-4-3-5-14(6-12)22-8-13-9-23-11(2)18-13/h3-6,9-10H,7-8H2,1-2H3,(H,17,19)(H,20,21). The maximum atomic E-state index is 12.0. The molecule has 7 heteroatoms. The highest BCUT2D eigenvalue weighted by Gasteiger charge is 2.13. The van der Waals surface area contributed by atoms with E-state index in [1.54, 1.807) is 35.6 Å². The maximum absolute atomic E-state index is 12.0. The van der Waals surface area contributed by atoms with E-state index in [2.05, 4.69) is 10.3 Å². The highest BCUT2D eigenvalue weighted by Crippen LogP contribution is 2.16. The molecule has 2 N–H and O–H groups in total. The first kappa shape index (κ1) is 17.0. The van der Waals surface area contributed by atoms with Crippen molar-refractivity contribution in [3.05, 3.63) is 45.9 Å². The largest absolute Gasteiger partial charge is 0.487 e. The van der Waals surface area contributed by atoms with Gasteiger partial charge in [-0.15, -0.1) is 11.3 Å². The molecule has 1 aromatic heterocycles. The summed E-state index contributed by atoms with van der Waals surface area (Å²) >= 11 is 1.56. The SMILES string of the molecule is Cc1nc(COc2cccc(C(=O)NCC(C)C(=O)O)c2)cs1. The molecule has 0 aliphatic heterocycles. The van der Waals surface area contributed by atoms with Crippen LogP contribution in [0, 0.1) is 12.8 Å². The summed E-state index contributed by atoms with van der Waals surface area (Å²) in [4.78, 5) is 27.1. The van der Waals surface area contributed by atoms with Gasteiger partial charge in [0.25, 0.3) is 5.91 Å². The summed E-state index contributed by atoms with van der Waals surface area (Å²) in [6.07, 6.45) is 0. The van der Waals surface area contributed by atoms with Crippen molar-refractivity contribution in [1.82, 2.24) is 10.3 Å². The van der Waals surface area contributed by atoms with E-state index in [1.807, 2.05) is 12.3 Å². The Kier molecular flexibility index (Phi) is 5.70. The molecular weight excluding hydrogens is 316 g/mol. The Morgan fingerprint density at radius 3 is 2.87 bits per heavy atom. The van der Waals surface area contributed by atoms with Crippen molar-refractivity contribution < 1.29 is 19.4 Å². The normalized spacial score (nSPS) is 11.7. The minimum Gasteiger partial charge on any atom is -0.487 e. The molecule has 1 unspecified atom stereocenters. The molecule has 122 valence electrons. The number of carbonyl (C=O) groups excluding carboxylic acids is 1. The van der Waals surface area contributed by atoms with E-state index in [1.165, 1.54) is 6.92 Å². The van der Waals surface area contributed by atoms with Crippen LogP contribution in [0.4, 0.5) is 0 Å². The van der Waals surface area contributed by atoms with Crippen LogP contribution in [0.5, 0.6) is 5.75 Å². The van der Waals surface area contributed by atoms with Gasteiger partial charge in [-0.3, -0.25) is 9.59 Å². The summed E-state index contributed by atoms with van der Waals surface area (Å²) in [6, 6.07) is 6.76. The molecule has 0 saturated carbocycles. The van der Waals surface area contributed by atoms with Crippen molar-refractivity contribution >= 4 is 23.2 Å². The van der Waals surface area contributed by atoms with Gasteiger partial charge in [0.1, 0.15) is 12.4 Å². The fraction of sp³-hybridized carbons (Fsp3) is 0.312.